The van der Waals surface area contributed by atoms with Crippen molar-refractivity contribution < 1.29 is 28.9 Å². The van der Waals surface area contributed by atoms with Gasteiger partial charge in [-0.1, -0.05) is 90.1 Å². The quantitative estimate of drug-likeness (QED) is 0.343. The lowest BCUT2D eigenvalue weighted by atomic mass is 9.80. The minimum atomic E-state index is -1.78. The predicted molar refractivity (Wildman–Crippen MR) is 166 cm³/mol. The predicted octanol–water partition coefficient (Wildman–Crippen LogP) is 4.90. The standard InChI is InChI=1S/2C14H25BO3Si/c2*1-11(18-19(5,6)14(2,3)4)12-7-9-13(10-8-12)15(16)17/h2*7-11,16-17H,1-6H3. The molecule has 0 radical (unpaired) electrons. The van der Waals surface area contributed by atoms with E-state index in [1.807, 2.05) is 38.1 Å². The minimum absolute atomic E-state index is 0.0192. The summed E-state index contributed by atoms with van der Waals surface area (Å²) in [7, 11) is -6.39. The fourth-order valence-electron chi connectivity index (χ4n) is 3.25. The molecule has 6 nitrogen and oxygen atoms in total. The first kappa shape index (κ1) is 34.8. The molecule has 0 amide bonds. The van der Waals surface area contributed by atoms with Crippen LogP contribution in [0.5, 0.6) is 0 Å². The van der Waals surface area contributed by atoms with Crippen LogP contribution in [0.15, 0.2) is 48.5 Å². The first-order chi connectivity index (χ1) is 17.1. The summed E-state index contributed by atoms with van der Waals surface area (Å²) in [6, 6.07) is 14.5. The summed E-state index contributed by atoms with van der Waals surface area (Å²) in [4.78, 5) is 0. The SMILES string of the molecule is CC(O[Si](C)(C)C(C)(C)C)c1ccc(B(O)O)cc1.CC(O[Si](C)(C)C(C)(C)C)c1ccc(B(O)O)cc1. The van der Waals surface area contributed by atoms with E-state index in [1.165, 1.54) is 0 Å². The van der Waals surface area contributed by atoms with Crippen molar-refractivity contribution in [3.8, 4) is 0 Å². The molecule has 0 saturated heterocycles. The first-order valence-corrected chi connectivity index (χ1v) is 19.2. The summed E-state index contributed by atoms with van der Waals surface area (Å²) in [5.41, 5.74) is 3.13. The van der Waals surface area contributed by atoms with E-state index in [9.17, 15) is 0 Å². The van der Waals surface area contributed by atoms with E-state index in [4.69, 9.17) is 28.9 Å². The Labute approximate surface area is 234 Å². The van der Waals surface area contributed by atoms with E-state index in [0.29, 0.717) is 10.9 Å². The molecular weight excluding hydrogens is 510 g/mol. The van der Waals surface area contributed by atoms with Crippen molar-refractivity contribution in [2.45, 2.75) is 104 Å². The maximum atomic E-state index is 9.08. The number of benzene rings is 2. The van der Waals surface area contributed by atoms with Gasteiger partial charge in [-0.3, -0.25) is 0 Å². The van der Waals surface area contributed by atoms with Crippen molar-refractivity contribution in [1.82, 2.24) is 0 Å². The zero-order valence-corrected chi connectivity index (χ0v) is 27.5. The van der Waals surface area contributed by atoms with Crippen molar-refractivity contribution in [3.63, 3.8) is 0 Å². The van der Waals surface area contributed by atoms with Crippen LogP contribution in [0.4, 0.5) is 0 Å². The second kappa shape index (κ2) is 13.4. The molecule has 2 aromatic carbocycles. The second-order valence-electron chi connectivity index (χ2n) is 13.1. The van der Waals surface area contributed by atoms with E-state index in [-0.39, 0.29) is 22.3 Å². The molecule has 212 valence electrons. The van der Waals surface area contributed by atoms with Crippen molar-refractivity contribution >= 4 is 41.8 Å². The van der Waals surface area contributed by atoms with Gasteiger partial charge in [-0.25, -0.2) is 0 Å². The van der Waals surface area contributed by atoms with Gasteiger partial charge >= 0.3 is 14.2 Å². The summed E-state index contributed by atoms with van der Waals surface area (Å²) in [5.74, 6) is 0. The molecule has 0 heterocycles. The molecule has 0 bridgehead atoms. The summed E-state index contributed by atoms with van der Waals surface area (Å²) >= 11 is 0. The van der Waals surface area contributed by atoms with E-state index < -0.39 is 30.9 Å². The highest BCUT2D eigenvalue weighted by Crippen LogP contribution is 2.40. The third-order valence-corrected chi connectivity index (χ3v) is 17.1. The average molecular weight is 560 g/mol. The zero-order chi connectivity index (χ0) is 29.7. The van der Waals surface area contributed by atoms with Gasteiger partial charge in [0, 0.05) is 0 Å². The number of rotatable bonds is 8. The highest BCUT2D eigenvalue weighted by molar-refractivity contribution is 6.74. The van der Waals surface area contributed by atoms with Crippen LogP contribution in [-0.2, 0) is 8.85 Å². The van der Waals surface area contributed by atoms with E-state index in [2.05, 4.69) is 67.7 Å². The smallest absolute Gasteiger partial charge is 0.423 e. The van der Waals surface area contributed by atoms with Crippen molar-refractivity contribution in [2.24, 2.45) is 0 Å². The highest BCUT2D eigenvalue weighted by atomic mass is 28.4. The molecule has 2 rings (SSSR count). The molecular formula is C28H50B2O6Si2. The normalized spacial score (nSPS) is 14.3. The monoisotopic (exact) mass is 560 g/mol. The fraction of sp³-hybridized carbons (Fsp3) is 0.571. The Kier molecular flexibility index (Phi) is 12.3. The maximum absolute atomic E-state index is 9.08. The van der Waals surface area contributed by atoms with Crippen LogP contribution in [0, 0.1) is 0 Å². The molecule has 2 atom stereocenters. The van der Waals surface area contributed by atoms with Gasteiger partial charge in [0.05, 0.1) is 12.2 Å². The lowest BCUT2D eigenvalue weighted by Crippen LogP contribution is -2.41. The van der Waals surface area contributed by atoms with Gasteiger partial charge in [0.2, 0.25) is 0 Å². The van der Waals surface area contributed by atoms with Crippen LogP contribution in [0.3, 0.4) is 0 Å². The molecule has 0 spiro atoms. The Morgan fingerprint density at radius 3 is 0.974 bits per heavy atom. The average Bonchev–Trinajstić information content (AvgIpc) is 2.77. The molecule has 0 aromatic heterocycles. The molecule has 0 aliphatic carbocycles. The fourth-order valence-corrected chi connectivity index (χ4v) is 6.00. The highest BCUT2D eigenvalue weighted by Gasteiger charge is 2.39. The summed E-state index contributed by atoms with van der Waals surface area (Å²) in [5, 5.41) is 36.7. The van der Waals surface area contributed by atoms with Gasteiger partial charge in [0.15, 0.2) is 16.6 Å². The molecule has 0 aliphatic heterocycles. The Balaban J connectivity index is 0.000000380. The number of hydrogen-bond donors (Lipinski definition) is 4. The lowest BCUT2D eigenvalue weighted by Gasteiger charge is -2.38. The van der Waals surface area contributed by atoms with Crippen LogP contribution >= 0.6 is 0 Å². The van der Waals surface area contributed by atoms with Crippen LogP contribution in [0.25, 0.3) is 0 Å². The maximum Gasteiger partial charge on any atom is 0.488 e. The topological polar surface area (TPSA) is 99.4 Å². The van der Waals surface area contributed by atoms with E-state index in [0.717, 1.165) is 11.1 Å². The largest absolute Gasteiger partial charge is 0.488 e. The molecule has 2 aromatic rings. The van der Waals surface area contributed by atoms with Crippen molar-refractivity contribution in [2.75, 3.05) is 0 Å². The minimum Gasteiger partial charge on any atom is -0.423 e. The summed E-state index contributed by atoms with van der Waals surface area (Å²) < 4.78 is 12.6. The van der Waals surface area contributed by atoms with Crippen molar-refractivity contribution in [1.29, 1.82) is 0 Å². The summed E-state index contributed by atoms with van der Waals surface area (Å²) in [6.45, 7) is 26.3. The van der Waals surface area contributed by atoms with Crippen LogP contribution in [0.2, 0.25) is 36.3 Å². The molecule has 2 unspecified atom stereocenters. The Bertz CT molecular complexity index is 901. The third-order valence-electron chi connectivity index (χ3n) is 7.96. The lowest BCUT2D eigenvalue weighted by molar-refractivity contribution is 0.203. The van der Waals surface area contributed by atoms with Crippen molar-refractivity contribution in [3.05, 3.63) is 59.7 Å². The Hall–Kier alpha value is -1.24. The van der Waals surface area contributed by atoms with Crippen LogP contribution in [0.1, 0.15) is 78.7 Å². The molecule has 38 heavy (non-hydrogen) atoms. The van der Waals surface area contributed by atoms with Gasteiger partial charge < -0.3 is 28.9 Å². The molecule has 0 fully saturated rings. The van der Waals surface area contributed by atoms with Crippen LogP contribution < -0.4 is 10.9 Å². The molecule has 0 aliphatic rings. The summed E-state index contributed by atoms with van der Waals surface area (Å²) in [6.07, 6.45) is 0.0385. The third kappa shape index (κ3) is 10.1. The molecule has 4 N–H and O–H groups in total. The first-order valence-electron chi connectivity index (χ1n) is 13.4. The number of hydrogen-bond acceptors (Lipinski definition) is 6. The Morgan fingerprint density at radius 2 is 0.789 bits per heavy atom. The zero-order valence-electron chi connectivity index (χ0n) is 25.5. The molecule has 0 saturated carbocycles. The van der Waals surface area contributed by atoms with Gasteiger partial charge in [-0.2, -0.15) is 0 Å². The van der Waals surface area contributed by atoms with E-state index >= 15 is 0 Å². The van der Waals surface area contributed by atoms with Gasteiger partial charge in [-0.15, -0.1) is 0 Å². The van der Waals surface area contributed by atoms with Gasteiger partial charge in [-0.05, 0) is 72.2 Å². The van der Waals surface area contributed by atoms with Crippen LogP contribution in [-0.4, -0.2) is 51.0 Å². The molecule has 10 heteroatoms. The second-order valence-corrected chi connectivity index (χ2v) is 22.6. The van der Waals surface area contributed by atoms with Gasteiger partial charge in [0.1, 0.15) is 0 Å². The Morgan fingerprint density at radius 1 is 0.553 bits per heavy atom. The van der Waals surface area contributed by atoms with Gasteiger partial charge in [0.25, 0.3) is 0 Å². The van der Waals surface area contributed by atoms with E-state index in [1.54, 1.807) is 24.3 Å².